The third kappa shape index (κ3) is 4.20. The van der Waals surface area contributed by atoms with Crippen molar-refractivity contribution in [2.45, 2.75) is 55.5 Å². The quantitative estimate of drug-likeness (QED) is 0.667. The van der Waals surface area contributed by atoms with Crippen molar-refractivity contribution < 1.29 is 0 Å². The van der Waals surface area contributed by atoms with Crippen LogP contribution >= 0.6 is 0 Å². The van der Waals surface area contributed by atoms with Gasteiger partial charge in [-0.1, -0.05) is 60.7 Å². The van der Waals surface area contributed by atoms with Crippen LogP contribution in [-0.4, -0.2) is 73.1 Å². The van der Waals surface area contributed by atoms with E-state index in [2.05, 4.69) is 89.5 Å². The van der Waals surface area contributed by atoms with Gasteiger partial charge in [0.25, 0.3) is 0 Å². The van der Waals surface area contributed by atoms with Gasteiger partial charge in [0.1, 0.15) is 0 Å². The lowest BCUT2D eigenvalue weighted by molar-refractivity contribution is 0.0645. The van der Waals surface area contributed by atoms with Gasteiger partial charge in [0.15, 0.2) is 0 Å². The number of benzene rings is 2. The highest BCUT2D eigenvalue weighted by atomic mass is 15.3. The molecule has 4 aliphatic rings. The molecule has 0 amide bonds. The fourth-order valence-electron chi connectivity index (χ4n) is 6.79. The maximum Gasteiger partial charge on any atom is 0.0235 e. The van der Waals surface area contributed by atoms with Gasteiger partial charge < -0.3 is 9.80 Å². The Hall–Kier alpha value is -1.68. The number of fused-ring (bicyclic) bond motifs is 4. The van der Waals surface area contributed by atoms with E-state index >= 15 is 0 Å². The first-order valence-electron chi connectivity index (χ1n) is 12.4. The number of nitrogens with zero attached hydrogens (tertiary/aromatic N) is 3. The van der Waals surface area contributed by atoms with Crippen molar-refractivity contribution in [2.24, 2.45) is 0 Å². The Balaban J connectivity index is 1.54. The molecule has 0 N–H and O–H groups in total. The first-order valence-corrected chi connectivity index (χ1v) is 12.4. The minimum atomic E-state index is 0.278. The fourth-order valence-corrected chi connectivity index (χ4v) is 6.79. The zero-order chi connectivity index (χ0) is 21.3. The summed E-state index contributed by atoms with van der Waals surface area (Å²) < 4.78 is 0. The average molecular weight is 418 g/mol. The van der Waals surface area contributed by atoms with E-state index in [1.165, 1.54) is 76.0 Å². The van der Waals surface area contributed by atoms with Crippen LogP contribution < -0.4 is 0 Å². The Labute approximate surface area is 189 Å². The zero-order valence-corrected chi connectivity index (χ0v) is 19.4. The summed E-state index contributed by atoms with van der Waals surface area (Å²) in [6.07, 6.45) is 6.60. The molecule has 2 atom stereocenters. The first-order chi connectivity index (χ1) is 15.2. The summed E-state index contributed by atoms with van der Waals surface area (Å²) in [6.45, 7) is 6.26. The molecule has 1 saturated carbocycles. The Morgan fingerprint density at radius 3 is 1.84 bits per heavy atom. The molecule has 0 radical (unpaired) electrons. The van der Waals surface area contributed by atoms with Crippen molar-refractivity contribution in [1.29, 1.82) is 0 Å². The lowest BCUT2D eigenvalue weighted by Crippen LogP contribution is -2.53. The fraction of sp³-hybridized carbons (Fsp3) is 0.571. The Kier molecular flexibility index (Phi) is 6.19. The summed E-state index contributed by atoms with van der Waals surface area (Å²) in [6, 6.07) is 23.4. The van der Waals surface area contributed by atoms with E-state index in [1.54, 1.807) is 0 Å². The lowest BCUT2D eigenvalue weighted by atomic mass is 9.63. The summed E-state index contributed by atoms with van der Waals surface area (Å²) in [5, 5.41) is 0. The standard InChI is InChI=1S/C28H39N3/c1-29(2)28-15-18-31(20-19-30-16-9-10-17-30)27(25(21-28)23-11-5-3-6-12-23)26(22-28)24-13-7-4-8-14-24/h3-8,11-14,25-27H,9-10,15-22H2,1-2H3/t25-,26-,27?,28?/m0/s1. The molecule has 2 bridgehead atoms. The molecule has 3 saturated heterocycles. The average Bonchev–Trinajstić information content (AvgIpc) is 3.21. The highest BCUT2D eigenvalue weighted by Crippen LogP contribution is 2.53. The van der Waals surface area contributed by atoms with Crippen LogP contribution in [-0.2, 0) is 0 Å². The highest BCUT2D eigenvalue weighted by molar-refractivity contribution is 5.32. The van der Waals surface area contributed by atoms with Crippen molar-refractivity contribution in [1.82, 2.24) is 14.7 Å². The lowest BCUT2D eigenvalue weighted by Gasteiger charge is -2.51. The summed E-state index contributed by atoms with van der Waals surface area (Å²) in [4.78, 5) is 8.15. The summed E-state index contributed by atoms with van der Waals surface area (Å²) in [5.41, 5.74) is 3.35. The molecule has 0 unspecified atom stereocenters. The largest absolute Gasteiger partial charge is 0.304 e. The Morgan fingerprint density at radius 2 is 1.32 bits per heavy atom. The van der Waals surface area contributed by atoms with E-state index in [-0.39, 0.29) is 5.54 Å². The van der Waals surface area contributed by atoms with Gasteiger partial charge in [0.05, 0.1) is 0 Å². The summed E-state index contributed by atoms with van der Waals surface area (Å²) in [7, 11) is 4.65. The molecule has 3 heterocycles. The van der Waals surface area contributed by atoms with Gasteiger partial charge in [-0.05, 0) is 70.4 Å². The van der Waals surface area contributed by atoms with Gasteiger partial charge in [0, 0.05) is 43.1 Å². The SMILES string of the molecule is CN(C)C12CCN(CCN3CCCC3)C([C@H](c3ccccc3)C1)[C@H](c1ccccc1)C2. The maximum atomic E-state index is 2.89. The molecule has 2 aromatic rings. The monoisotopic (exact) mass is 417 g/mol. The number of hydrogen-bond acceptors (Lipinski definition) is 3. The van der Waals surface area contributed by atoms with E-state index in [4.69, 9.17) is 0 Å². The van der Waals surface area contributed by atoms with E-state index in [9.17, 15) is 0 Å². The van der Waals surface area contributed by atoms with Gasteiger partial charge in [-0.2, -0.15) is 0 Å². The third-order valence-corrected chi connectivity index (χ3v) is 8.62. The molecule has 3 heteroatoms. The number of hydrogen-bond donors (Lipinski definition) is 0. The summed E-state index contributed by atoms with van der Waals surface area (Å²) >= 11 is 0. The molecular weight excluding hydrogens is 378 g/mol. The molecule has 6 rings (SSSR count). The topological polar surface area (TPSA) is 9.72 Å². The normalized spacial score (nSPS) is 31.9. The first kappa shape index (κ1) is 21.2. The maximum absolute atomic E-state index is 2.89. The second kappa shape index (κ2) is 9.05. The van der Waals surface area contributed by atoms with E-state index in [0.717, 1.165) is 0 Å². The van der Waals surface area contributed by atoms with Crippen molar-refractivity contribution in [3.8, 4) is 0 Å². The van der Waals surface area contributed by atoms with Gasteiger partial charge in [-0.3, -0.25) is 4.90 Å². The predicted octanol–water partition coefficient (Wildman–Crippen LogP) is 4.82. The van der Waals surface area contributed by atoms with Crippen molar-refractivity contribution in [3.05, 3.63) is 71.8 Å². The van der Waals surface area contributed by atoms with Crippen LogP contribution in [0.25, 0.3) is 0 Å². The Morgan fingerprint density at radius 1 is 0.774 bits per heavy atom. The minimum Gasteiger partial charge on any atom is -0.304 e. The predicted molar refractivity (Wildman–Crippen MR) is 130 cm³/mol. The molecule has 4 fully saturated rings. The van der Waals surface area contributed by atoms with Crippen LogP contribution in [0.5, 0.6) is 0 Å². The second-order valence-corrected chi connectivity index (χ2v) is 10.4. The molecule has 3 aliphatic heterocycles. The van der Waals surface area contributed by atoms with Gasteiger partial charge in [-0.25, -0.2) is 0 Å². The smallest absolute Gasteiger partial charge is 0.0235 e. The summed E-state index contributed by atoms with van der Waals surface area (Å²) in [5.74, 6) is 1.17. The Bertz CT molecular complexity index is 778. The van der Waals surface area contributed by atoms with Crippen LogP contribution in [0, 0.1) is 0 Å². The molecule has 2 aromatic carbocycles. The van der Waals surface area contributed by atoms with E-state index in [1.807, 2.05) is 0 Å². The van der Waals surface area contributed by atoms with Gasteiger partial charge in [0.2, 0.25) is 0 Å². The van der Waals surface area contributed by atoms with Gasteiger partial charge >= 0.3 is 0 Å². The van der Waals surface area contributed by atoms with Crippen LogP contribution in [0.2, 0.25) is 0 Å². The number of rotatable bonds is 6. The molecule has 166 valence electrons. The number of likely N-dealkylation sites (tertiary alicyclic amines) is 1. The van der Waals surface area contributed by atoms with Crippen molar-refractivity contribution in [2.75, 3.05) is 46.8 Å². The molecule has 0 spiro atoms. The van der Waals surface area contributed by atoms with Gasteiger partial charge in [-0.15, -0.1) is 0 Å². The van der Waals surface area contributed by atoms with Crippen molar-refractivity contribution >= 4 is 0 Å². The van der Waals surface area contributed by atoms with E-state index < -0.39 is 0 Å². The van der Waals surface area contributed by atoms with E-state index in [0.29, 0.717) is 17.9 Å². The highest BCUT2D eigenvalue weighted by Gasteiger charge is 2.52. The van der Waals surface area contributed by atoms with Crippen molar-refractivity contribution in [3.63, 3.8) is 0 Å². The molecule has 0 aromatic heterocycles. The molecule has 31 heavy (non-hydrogen) atoms. The third-order valence-electron chi connectivity index (χ3n) is 8.62. The van der Waals surface area contributed by atoms with Crippen LogP contribution in [0.1, 0.15) is 55.1 Å². The van der Waals surface area contributed by atoms with Crippen LogP contribution in [0.15, 0.2) is 60.7 Å². The molecule has 1 aliphatic carbocycles. The molecule has 3 nitrogen and oxygen atoms in total. The minimum absolute atomic E-state index is 0.278. The van der Waals surface area contributed by atoms with Crippen LogP contribution in [0.3, 0.4) is 0 Å². The zero-order valence-electron chi connectivity index (χ0n) is 19.4. The second-order valence-electron chi connectivity index (χ2n) is 10.4. The van der Waals surface area contributed by atoms with Crippen LogP contribution in [0.4, 0.5) is 0 Å². The molecular formula is C28H39N3.